The van der Waals surface area contributed by atoms with E-state index in [0.717, 1.165) is 11.6 Å². The van der Waals surface area contributed by atoms with Crippen molar-refractivity contribution in [2.45, 2.75) is 19.9 Å². The molecule has 2 aromatic carbocycles. The van der Waals surface area contributed by atoms with Crippen LogP contribution in [0, 0.1) is 12.7 Å². The number of aromatic nitrogens is 6. The minimum Gasteiger partial charge on any atom is -0.395 e. The van der Waals surface area contributed by atoms with E-state index in [9.17, 15) is 17.6 Å². The van der Waals surface area contributed by atoms with Crippen LogP contribution in [-0.4, -0.2) is 55.0 Å². The normalized spacial score (nSPS) is 12.6. The lowest BCUT2D eigenvalue weighted by Gasteiger charge is -2.20. The lowest BCUT2D eigenvalue weighted by molar-refractivity contribution is 0.320. The summed E-state index contributed by atoms with van der Waals surface area (Å²) in [5.74, 6) is -0.380. The average molecular weight is 603 g/mol. The Bertz CT molecular complexity index is 2140. The van der Waals surface area contributed by atoms with Crippen LogP contribution < -0.4 is 15.6 Å². The van der Waals surface area contributed by atoms with Crippen LogP contribution in [-0.2, 0) is 10.0 Å². The summed E-state index contributed by atoms with van der Waals surface area (Å²) in [6.45, 7) is 3.13. The van der Waals surface area contributed by atoms with Crippen molar-refractivity contribution >= 4 is 38.1 Å². The molecule has 12 nitrogen and oxygen atoms in total. The highest BCUT2D eigenvalue weighted by Gasteiger charge is 2.22. The van der Waals surface area contributed by atoms with E-state index in [1.54, 1.807) is 21.5 Å². The number of sulfonamides is 1. The number of hydrogen-bond donors (Lipinski definition) is 4. The quantitative estimate of drug-likeness (QED) is 0.195. The Morgan fingerprint density at radius 1 is 1.12 bits per heavy atom. The molecule has 6 rings (SSSR count). The molecule has 4 aromatic heterocycles. The zero-order valence-electron chi connectivity index (χ0n) is 23.1. The monoisotopic (exact) mass is 602 g/mol. The molecule has 0 aliphatic rings. The second-order valence-corrected chi connectivity index (χ2v) is 11.9. The number of para-hydroxylation sites is 1. The van der Waals surface area contributed by atoms with Gasteiger partial charge in [0.25, 0.3) is 5.56 Å². The summed E-state index contributed by atoms with van der Waals surface area (Å²) in [5.41, 5.74) is 3.03. The van der Waals surface area contributed by atoms with Gasteiger partial charge in [-0.25, -0.2) is 27.3 Å². The van der Waals surface area contributed by atoms with E-state index in [2.05, 4.69) is 25.0 Å². The van der Waals surface area contributed by atoms with Gasteiger partial charge in [-0.2, -0.15) is 5.10 Å². The molecule has 0 fully saturated rings. The summed E-state index contributed by atoms with van der Waals surface area (Å²) in [6, 6.07) is 14.3. The number of aliphatic hydroxyl groups excluding tert-OH is 1. The number of aliphatic hydroxyl groups is 1. The van der Waals surface area contributed by atoms with Gasteiger partial charge in [0.2, 0.25) is 10.0 Å². The van der Waals surface area contributed by atoms with Crippen molar-refractivity contribution in [1.82, 2.24) is 29.1 Å². The molecule has 0 amide bonds. The lowest BCUT2D eigenvalue weighted by Crippen LogP contribution is -2.29. The third kappa shape index (κ3) is 5.33. The first-order valence-corrected chi connectivity index (χ1v) is 15.0. The number of aromatic amines is 1. The van der Waals surface area contributed by atoms with Gasteiger partial charge in [0.1, 0.15) is 29.1 Å². The van der Waals surface area contributed by atoms with Crippen LogP contribution in [0.25, 0.3) is 33.4 Å². The molecule has 0 spiro atoms. The molecule has 220 valence electrons. The second-order valence-electron chi connectivity index (χ2n) is 10.0. The zero-order chi connectivity index (χ0) is 30.3. The molecule has 43 heavy (non-hydrogen) atoms. The molecule has 4 N–H and O–H groups in total. The topological polar surface area (TPSA) is 159 Å². The fraction of sp³-hybridized carbons (Fsp3) is 0.172. The molecule has 0 aliphatic heterocycles. The van der Waals surface area contributed by atoms with Crippen LogP contribution >= 0.6 is 0 Å². The van der Waals surface area contributed by atoms with Gasteiger partial charge in [-0.3, -0.25) is 14.1 Å². The largest absolute Gasteiger partial charge is 0.395 e. The van der Waals surface area contributed by atoms with Gasteiger partial charge in [0.15, 0.2) is 5.82 Å². The predicted molar refractivity (Wildman–Crippen MR) is 161 cm³/mol. The van der Waals surface area contributed by atoms with Crippen LogP contribution in [0.2, 0.25) is 0 Å². The molecule has 14 heteroatoms. The van der Waals surface area contributed by atoms with Crippen LogP contribution in [0.4, 0.5) is 15.9 Å². The summed E-state index contributed by atoms with van der Waals surface area (Å²) in [5, 5.41) is 17.7. The molecular formula is C29H27FN8O4S. The van der Waals surface area contributed by atoms with Crippen molar-refractivity contribution in [3.05, 3.63) is 101 Å². The fourth-order valence-electron chi connectivity index (χ4n) is 5.06. The molecule has 0 saturated carbocycles. The maximum absolute atomic E-state index is 14.7. The highest BCUT2D eigenvalue weighted by molar-refractivity contribution is 7.92. The van der Waals surface area contributed by atoms with Crippen LogP contribution in [0.15, 0.2) is 78.1 Å². The van der Waals surface area contributed by atoms with E-state index < -0.39 is 34.2 Å². The van der Waals surface area contributed by atoms with E-state index in [0.29, 0.717) is 45.0 Å². The summed E-state index contributed by atoms with van der Waals surface area (Å²) < 4.78 is 44.5. The lowest BCUT2D eigenvalue weighted by atomic mass is 10.0. The molecule has 4 heterocycles. The molecule has 1 unspecified atom stereocenters. The highest BCUT2D eigenvalue weighted by atomic mass is 32.2. The van der Waals surface area contributed by atoms with Gasteiger partial charge in [-0.05, 0) is 61.4 Å². The summed E-state index contributed by atoms with van der Waals surface area (Å²) in [6.07, 6.45) is 4.73. The average Bonchev–Trinajstić information content (AvgIpc) is 3.57. The first kappa shape index (κ1) is 28.1. The van der Waals surface area contributed by atoms with E-state index in [1.807, 2.05) is 50.2 Å². The number of H-pyrrole nitrogens is 1. The number of nitrogens with zero attached hydrogens (tertiary/aromatic N) is 5. The van der Waals surface area contributed by atoms with Gasteiger partial charge in [-0.15, -0.1) is 0 Å². The molecular weight excluding hydrogens is 575 g/mol. The van der Waals surface area contributed by atoms with Crippen LogP contribution in [0.3, 0.4) is 0 Å². The van der Waals surface area contributed by atoms with Crippen molar-refractivity contribution in [2.24, 2.45) is 0 Å². The number of rotatable bonds is 9. The first-order valence-electron chi connectivity index (χ1n) is 13.3. The van der Waals surface area contributed by atoms with Gasteiger partial charge in [0.05, 0.1) is 35.2 Å². The summed E-state index contributed by atoms with van der Waals surface area (Å²) in [7, 11) is -3.88. The van der Waals surface area contributed by atoms with Crippen LogP contribution in [0.1, 0.15) is 24.4 Å². The van der Waals surface area contributed by atoms with Gasteiger partial charge < -0.3 is 15.4 Å². The zero-order valence-corrected chi connectivity index (χ0v) is 23.9. The van der Waals surface area contributed by atoms with Crippen molar-refractivity contribution in [2.75, 3.05) is 22.4 Å². The standard InChI is InChI=1S/C29H27FN8O4S/c1-17-8-9-37-25(17)29(40)38(22-6-4-3-5-7-22)28(35-37)18(2)34-27-24-23(15-31-26(24)32-16-33-27)19-12-20(30)14-21(13-19)36-43(41,42)11-10-39/h3-9,12-16,18,36,39H,10-11H2,1-2H3,(H2,31,32,33,34). The Hall–Kier alpha value is -5.08. The minimum atomic E-state index is -3.88. The molecule has 0 aliphatic carbocycles. The van der Waals surface area contributed by atoms with Crippen molar-refractivity contribution in [3.8, 4) is 16.8 Å². The fourth-order valence-corrected chi connectivity index (χ4v) is 5.88. The maximum Gasteiger partial charge on any atom is 0.282 e. The molecule has 1 atom stereocenters. The number of nitrogens with one attached hydrogen (secondary N) is 3. The Kier molecular flexibility index (Phi) is 7.15. The molecule has 0 bridgehead atoms. The Balaban J connectivity index is 1.44. The van der Waals surface area contributed by atoms with E-state index in [4.69, 9.17) is 10.2 Å². The number of halogens is 1. The van der Waals surface area contributed by atoms with Crippen molar-refractivity contribution in [3.63, 3.8) is 0 Å². The van der Waals surface area contributed by atoms with Crippen molar-refractivity contribution in [1.29, 1.82) is 0 Å². The van der Waals surface area contributed by atoms with E-state index in [-0.39, 0.29) is 11.2 Å². The number of anilines is 2. The second kappa shape index (κ2) is 11.0. The Morgan fingerprint density at radius 3 is 2.67 bits per heavy atom. The van der Waals surface area contributed by atoms with E-state index in [1.165, 1.54) is 18.5 Å². The summed E-state index contributed by atoms with van der Waals surface area (Å²) in [4.78, 5) is 25.6. The molecule has 6 aromatic rings. The minimum absolute atomic E-state index is 0.00363. The molecule has 0 radical (unpaired) electrons. The Labute approximate surface area is 244 Å². The highest BCUT2D eigenvalue weighted by Crippen LogP contribution is 2.35. The number of aryl methyl sites for hydroxylation is 1. The first-order chi connectivity index (χ1) is 20.6. The molecule has 0 saturated heterocycles. The maximum atomic E-state index is 14.7. The van der Waals surface area contributed by atoms with Crippen LogP contribution in [0.5, 0.6) is 0 Å². The SMILES string of the molecule is Cc1ccn2nc(C(C)Nc3ncnc4[nH]cc(-c5cc(F)cc(NS(=O)(=O)CCO)c5)c34)n(-c3ccccc3)c(=O)c12. The van der Waals surface area contributed by atoms with Gasteiger partial charge in [-0.1, -0.05) is 18.2 Å². The number of hydrogen-bond acceptors (Lipinski definition) is 8. The van der Waals surface area contributed by atoms with Gasteiger partial charge >= 0.3 is 0 Å². The number of benzene rings is 2. The third-order valence-corrected chi connectivity index (χ3v) is 8.25. The third-order valence-electron chi connectivity index (χ3n) is 6.98. The summed E-state index contributed by atoms with van der Waals surface area (Å²) >= 11 is 0. The number of fused-ring (bicyclic) bond motifs is 2. The van der Waals surface area contributed by atoms with E-state index >= 15 is 0 Å². The Morgan fingerprint density at radius 2 is 1.91 bits per heavy atom. The predicted octanol–water partition coefficient (Wildman–Crippen LogP) is 3.78. The van der Waals surface area contributed by atoms with Crippen molar-refractivity contribution < 1.29 is 17.9 Å². The van der Waals surface area contributed by atoms with Gasteiger partial charge in [0, 0.05) is 18.0 Å². The smallest absolute Gasteiger partial charge is 0.282 e.